The van der Waals surface area contributed by atoms with Crippen LogP contribution in [0, 0.1) is 0 Å². The molecule has 11 heavy (non-hydrogen) atoms. The van der Waals surface area contributed by atoms with Crippen LogP contribution in [0.5, 0.6) is 0 Å². The first-order chi connectivity index (χ1) is 5.29. The predicted octanol–water partition coefficient (Wildman–Crippen LogP) is 1.02. The van der Waals surface area contributed by atoms with Gasteiger partial charge in [-0.1, -0.05) is 6.08 Å². The van der Waals surface area contributed by atoms with E-state index in [4.69, 9.17) is 5.11 Å². The van der Waals surface area contributed by atoms with Crippen molar-refractivity contribution in [3.05, 3.63) is 12.7 Å². The Bertz CT molecular complexity index is 136. The van der Waals surface area contributed by atoms with Gasteiger partial charge in [0.1, 0.15) is 0 Å². The molecule has 64 valence electrons. The molecule has 1 rings (SSSR count). The maximum absolute atomic E-state index is 9.00. The van der Waals surface area contributed by atoms with E-state index < -0.39 is 0 Å². The Kier molecular flexibility index (Phi) is 3.09. The minimum Gasteiger partial charge on any atom is -0.395 e. The lowest BCUT2D eigenvalue weighted by Crippen LogP contribution is -2.38. The topological polar surface area (TPSA) is 23.5 Å². The van der Waals surface area contributed by atoms with Gasteiger partial charge >= 0.3 is 0 Å². The number of hydrogen-bond donors (Lipinski definition) is 1. The van der Waals surface area contributed by atoms with E-state index in [0.717, 1.165) is 13.0 Å². The van der Waals surface area contributed by atoms with Crippen molar-refractivity contribution < 1.29 is 5.11 Å². The average Bonchev–Trinajstić information content (AvgIpc) is 2.50. The molecule has 0 aromatic rings. The first-order valence-corrected chi connectivity index (χ1v) is 4.28. The summed E-state index contributed by atoms with van der Waals surface area (Å²) in [6.07, 6.45) is 4.28. The maximum atomic E-state index is 9.00. The second-order valence-corrected chi connectivity index (χ2v) is 3.19. The van der Waals surface area contributed by atoms with Crippen LogP contribution in [-0.4, -0.2) is 35.2 Å². The summed E-state index contributed by atoms with van der Waals surface area (Å²) >= 11 is 0. The largest absolute Gasteiger partial charge is 0.395 e. The normalized spacial score (nSPS) is 28.7. The van der Waals surface area contributed by atoms with Gasteiger partial charge in [0.25, 0.3) is 0 Å². The quantitative estimate of drug-likeness (QED) is 0.615. The van der Waals surface area contributed by atoms with E-state index in [1.165, 1.54) is 6.42 Å². The van der Waals surface area contributed by atoms with Gasteiger partial charge in [-0.25, -0.2) is 0 Å². The Labute approximate surface area is 68.5 Å². The van der Waals surface area contributed by atoms with Crippen molar-refractivity contribution in [3.63, 3.8) is 0 Å². The summed E-state index contributed by atoms with van der Waals surface area (Å²) in [6.45, 7) is 7.28. The van der Waals surface area contributed by atoms with Gasteiger partial charge in [0.05, 0.1) is 6.61 Å². The number of nitrogens with zero attached hydrogens (tertiary/aromatic N) is 1. The smallest absolute Gasteiger partial charge is 0.0587 e. The summed E-state index contributed by atoms with van der Waals surface area (Å²) in [5.74, 6) is 0. The molecule has 0 amide bonds. The highest BCUT2D eigenvalue weighted by molar-refractivity contribution is 4.90. The Hall–Kier alpha value is -0.340. The van der Waals surface area contributed by atoms with Gasteiger partial charge in [0.2, 0.25) is 0 Å². The van der Waals surface area contributed by atoms with E-state index in [9.17, 15) is 0 Å². The molecule has 0 radical (unpaired) electrons. The third kappa shape index (κ3) is 1.82. The summed E-state index contributed by atoms with van der Waals surface area (Å²) in [7, 11) is 0. The molecule has 0 bridgehead atoms. The molecule has 2 heteroatoms. The van der Waals surface area contributed by atoms with Crippen LogP contribution in [0.1, 0.15) is 19.8 Å². The molecule has 1 N–H and O–H groups in total. The van der Waals surface area contributed by atoms with Crippen molar-refractivity contribution in [3.8, 4) is 0 Å². The van der Waals surface area contributed by atoms with E-state index in [1.54, 1.807) is 0 Å². The molecule has 2 nitrogen and oxygen atoms in total. The van der Waals surface area contributed by atoms with Crippen molar-refractivity contribution in [2.24, 2.45) is 0 Å². The molecule has 0 aromatic heterocycles. The fourth-order valence-electron chi connectivity index (χ4n) is 1.73. The van der Waals surface area contributed by atoms with Crippen LogP contribution in [0.15, 0.2) is 12.7 Å². The summed E-state index contributed by atoms with van der Waals surface area (Å²) < 4.78 is 0. The SMILES string of the molecule is C=CC(C)N1CCC[C@@H]1CO. The fourth-order valence-corrected chi connectivity index (χ4v) is 1.73. The molecule has 0 spiro atoms. The second kappa shape index (κ2) is 3.88. The van der Waals surface area contributed by atoms with Crippen molar-refractivity contribution in [1.29, 1.82) is 0 Å². The van der Waals surface area contributed by atoms with Crippen LogP contribution >= 0.6 is 0 Å². The van der Waals surface area contributed by atoms with Crippen LogP contribution < -0.4 is 0 Å². The van der Waals surface area contributed by atoms with Gasteiger partial charge < -0.3 is 5.11 Å². The fraction of sp³-hybridized carbons (Fsp3) is 0.778. The molecule has 1 saturated heterocycles. The zero-order valence-corrected chi connectivity index (χ0v) is 7.16. The van der Waals surface area contributed by atoms with Crippen LogP contribution in [-0.2, 0) is 0 Å². The molecule has 0 aliphatic carbocycles. The molecule has 1 unspecified atom stereocenters. The van der Waals surface area contributed by atoms with E-state index in [2.05, 4.69) is 18.4 Å². The van der Waals surface area contributed by atoms with Crippen molar-refractivity contribution in [2.75, 3.05) is 13.2 Å². The summed E-state index contributed by atoms with van der Waals surface area (Å²) in [4.78, 5) is 2.31. The average molecular weight is 155 g/mol. The lowest BCUT2D eigenvalue weighted by molar-refractivity contribution is 0.142. The Morgan fingerprint density at radius 2 is 2.55 bits per heavy atom. The molecule has 0 saturated carbocycles. The summed E-state index contributed by atoms with van der Waals surface area (Å²) in [5.41, 5.74) is 0. The number of aliphatic hydroxyl groups is 1. The lowest BCUT2D eigenvalue weighted by atomic mass is 10.2. The minimum absolute atomic E-state index is 0.290. The van der Waals surface area contributed by atoms with E-state index in [-0.39, 0.29) is 6.61 Å². The second-order valence-electron chi connectivity index (χ2n) is 3.19. The van der Waals surface area contributed by atoms with Crippen molar-refractivity contribution in [1.82, 2.24) is 4.90 Å². The van der Waals surface area contributed by atoms with Gasteiger partial charge in [-0.05, 0) is 26.3 Å². The van der Waals surface area contributed by atoms with E-state index in [1.807, 2.05) is 6.08 Å². The molecule has 1 fully saturated rings. The van der Waals surface area contributed by atoms with Crippen molar-refractivity contribution in [2.45, 2.75) is 31.8 Å². The van der Waals surface area contributed by atoms with Crippen LogP contribution in [0.4, 0.5) is 0 Å². The van der Waals surface area contributed by atoms with Crippen molar-refractivity contribution >= 4 is 0 Å². The number of rotatable bonds is 3. The molecular formula is C9H17NO. The molecule has 1 heterocycles. The minimum atomic E-state index is 0.290. The van der Waals surface area contributed by atoms with Gasteiger partial charge in [-0.15, -0.1) is 6.58 Å². The first kappa shape index (κ1) is 8.75. The number of hydrogen-bond acceptors (Lipinski definition) is 2. The molecule has 1 aliphatic rings. The van der Waals surface area contributed by atoms with Gasteiger partial charge in [-0.2, -0.15) is 0 Å². The van der Waals surface area contributed by atoms with Gasteiger partial charge in [0, 0.05) is 12.1 Å². The van der Waals surface area contributed by atoms with E-state index in [0.29, 0.717) is 12.1 Å². The molecule has 2 atom stereocenters. The Balaban J connectivity index is 2.48. The zero-order chi connectivity index (χ0) is 8.27. The van der Waals surface area contributed by atoms with Crippen LogP contribution in [0.3, 0.4) is 0 Å². The third-order valence-electron chi connectivity index (χ3n) is 2.50. The highest BCUT2D eigenvalue weighted by Crippen LogP contribution is 2.19. The summed E-state index contributed by atoms with van der Waals surface area (Å²) in [5, 5.41) is 9.00. The lowest BCUT2D eigenvalue weighted by Gasteiger charge is -2.26. The monoisotopic (exact) mass is 155 g/mol. The highest BCUT2D eigenvalue weighted by Gasteiger charge is 2.25. The third-order valence-corrected chi connectivity index (χ3v) is 2.50. The Morgan fingerprint density at radius 3 is 3.09 bits per heavy atom. The molecule has 1 aliphatic heterocycles. The maximum Gasteiger partial charge on any atom is 0.0587 e. The Morgan fingerprint density at radius 1 is 1.82 bits per heavy atom. The zero-order valence-electron chi connectivity index (χ0n) is 7.16. The first-order valence-electron chi connectivity index (χ1n) is 4.28. The van der Waals surface area contributed by atoms with Gasteiger partial charge in [0.15, 0.2) is 0 Å². The number of aliphatic hydroxyl groups excluding tert-OH is 1. The summed E-state index contributed by atoms with van der Waals surface area (Å²) in [6, 6.07) is 0.789. The highest BCUT2D eigenvalue weighted by atomic mass is 16.3. The standard InChI is InChI=1S/C9H17NO/c1-3-8(2)10-6-4-5-9(10)7-11/h3,8-9,11H,1,4-7H2,2H3/t8?,9-/m1/s1. The molecule has 0 aromatic carbocycles. The molecular weight excluding hydrogens is 138 g/mol. The van der Waals surface area contributed by atoms with E-state index >= 15 is 0 Å². The predicted molar refractivity (Wildman–Crippen MR) is 46.5 cm³/mol. The van der Waals surface area contributed by atoms with Crippen LogP contribution in [0.2, 0.25) is 0 Å². The van der Waals surface area contributed by atoms with Crippen LogP contribution in [0.25, 0.3) is 0 Å². The number of likely N-dealkylation sites (tertiary alicyclic amines) is 1. The van der Waals surface area contributed by atoms with Gasteiger partial charge in [-0.3, -0.25) is 4.90 Å².